The number of benzene rings is 3. The fourth-order valence-corrected chi connectivity index (χ4v) is 7.59. The van der Waals surface area contributed by atoms with Crippen molar-refractivity contribution < 1.29 is 19.0 Å². The molecule has 1 aliphatic rings. The highest BCUT2D eigenvalue weighted by atomic mass is 35.5. The number of hydrogen-bond donors (Lipinski definition) is 0. The minimum Gasteiger partial charge on any atom is -0.493 e. The van der Waals surface area contributed by atoms with Gasteiger partial charge in [-0.1, -0.05) is 70.9 Å². The zero-order valence-electron chi connectivity index (χ0n) is 26.6. The minimum atomic E-state index is -0.849. The van der Waals surface area contributed by atoms with Gasteiger partial charge in [0.25, 0.3) is 5.56 Å². The van der Waals surface area contributed by atoms with Crippen molar-refractivity contribution in [2.75, 3.05) is 20.3 Å². The first kappa shape index (κ1) is 32.6. The fourth-order valence-electron chi connectivity index (χ4n) is 6.09. The lowest BCUT2D eigenvalue weighted by Crippen LogP contribution is -2.40. The van der Waals surface area contributed by atoms with Crippen LogP contribution in [0.4, 0.5) is 0 Å². The van der Waals surface area contributed by atoms with E-state index in [0.717, 1.165) is 27.7 Å². The molecule has 242 valence electrons. The average Bonchev–Trinajstić information content (AvgIpc) is 3.50. The van der Waals surface area contributed by atoms with E-state index in [-0.39, 0.29) is 17.7 Å². The number of carbonyl (C=O) groups is 1. The number of para-hydroxylation sites is 2. The highest BCUT2D eigenvalue weighted by Crippen LogP contribution is 2.41. The minimum absolute atomic E-state index is 0.174. The van der Waals surface area contributed by atoms with Gasteiger partial charge in [-0.25, -0.2) is 9.79 Å². The number of rotatable bonds is 9. The van der Waals surface area contributed by atoms with Crippen LogP contribution in [0.25, 0.3) is 17.0 Å². The van der Waals surface area contributed by atoms with E-state index in [1.54, 1.807) is 37.7 Å². The molecule has 0 bridgehead atoms. The van der Waals surface area contributed by atoms with Gasteiger partial charge in [-0.3, -0.25) is 9.36 Å². The van der Waals surface area contributed by atoms with Crippen LogP contribution >= 0.6 is 34.5 Å². The predicted octanol–water partition coefficient (Wildman–Crippen LogP) is 6.82. The molecule has 0 aliphatic carbocycles. The Balaban J connectivity index is 1.58. The van der Waals surface area contributed by atoms with E-state index in [2.05, 4.69) is 10.6 Å². The van der Waals surface area contributed by atoms with Crippen molar-refractivity contribution in [1.82, 2.24) is 9.13 Å². The van der Waals surface area contributed by atoms with Crippen LogP contribution in [0.5, 0.6) is 11.5 Å². The lowest BCUT2D eigenvalue weighted by Gasteiger charge is -2.26. The van der Waals surface area contributed by atoms with Crippen LogP contribution in [0.15, 0.2) is 81.7 Å². The number of ether oxygens (including phenoxy) is 3. The first-order valence-electron chi connectivity index (χ1n) is 15.2. The van der Waals surface area contributed by atoms with Crippen molar-refractivity contribution in [3.05, 3.63) is 124 Å². The Morgan fingerprint density at radius 2 is 1.83 bits per heavy atom. The number of aromatic nitrogens is 2. The number of thiazole rings is 1. The SMILES string of the molecule is CCOC(=O)C1=C(C)N=c2s/c(=C/c3c(C)n(Cc4ccc(Cl)cc4Cl)c4ccccc34)c(=O)n2[C@H]1c1cccc(OC)c1OCC. The number of halogens is 2. The highest BCUT2D eigenvalue weighted by molar-refractivity contribution is 7.07. The average molecular weight is 691 g/mol. The lowest BCUT2D eigenvalue weighted by atomic mass is 9.94. The smallest absolute Gasteiger partial charge is 0.338 e. The van der Waals surface area contributed by atoms with Gasteiger partial charge in [-0.15, -0.1) is 0 Å². The second-order valence-electron chi connectivity index (χ2n) is 11.0. The Morgan fingerprint density at radius 3 is 2.55 bits per heavy atom. The normalized spacial score (nSPS) is 14.7. The summed E-state index contributed by atoms with van der Waals surface area (Å²) in [5.74, 6) is 0.403. The van der Waals surface area contributed by atoms with Crippen LogP contribution < -0.4 is 24.4 Å². The molecule has 0 unspecified atom stereocenters. The van der Waals surface area contributed by atoms with Crippen LogP contribution in [0, 0.1) is 6.92 Å². The molecule has 6 rings (SSSR count). The topological polar surface area (TPSA) is 84.1 Å². The summed E-state index contributed by atoms with van der Waals surface area (Å²) >= 11 is 14.0. The molecule has 1 atom stereocenters. The fraction of sp³-hybridized carbons (Fsp3) is 0.250. The standard InChI is InChI=1S/C36H33Cl2N3O5S/c1-6-45-33-25(12-10-14-29(33)44-5)32-31(35(43)46-7-2)20(3)39-36-41(32)34(42)30(47-36)18-26-21(4)40(28-13-9-8-11-24(26)28)19-22-15-16-23(37)17-27(22)38/h8-18,32H,6-7,19H2,1-5H3/b30-18+/t32-/m0/s1. The van der Waals surface area contributed by atoms with Crippen molar-refractivity contribution in [2.45, 2.75) is 40.3 Å². The summed E-state index contributed by atoms with van der Waals surface area (Å²) in [7, 11) is 1.56. The van der Waals surface area contributed by atoms with E-state index in [1.807, 2.05) is 62.4 Å². The van der Waals surface area contributed by atoms with Crippen molar-refractivity contribution in [3.63, 3.8) is 0 Å². The third-order valence-electron chi connectivity index (χ3n) is 8.23. The monoisotopic (exact) mass is 689 g/mol. The van der Waals surface area contributed by atoms with Gasteiger partial charge in [0.2, 0.25) is 0 Å². The molecule has 1 aliphatic heterocycles. The van der Waals surface area contributed by atoms with Gasteiger partial charge in [-0.2, -0.15) is 0 Å². The Bertz CT molecular complexity index is 2250. The Hall–Kier alpha value is -4.31. The summed E-state index contributed by atoms with van der Waals surface area (Å²) in [4.78, 5) is 33.2. The zero-order valence-corrected chi connectivity index (χ0v) is 28.9. The lowest BCUT2D eigenvalue weighted by molar-refractivity contribution is -0.139. The van der Waals surface area contributed by atoms with Crippen molar-refractivity contribution in [1.29, 1.82) is 0 Å². The van der Waals surface area contributed by atoms with Gasteiger partial charge >= 0.3 is 5.97 Å². The number of fused-ring (bicyclic) bond motifs is 2. The molecule has 0 saturated carbocycles. The summed E-state index contributed by atoms with van der Waals surface area (Å²) in [6, 6.07) is 18.2. The first-order valence-corrected chi connectivity index (χ1v) is 16.8. The molecule has 2 aromatic heterocycles. The summed E-state index contributed by atoms with van der Waals surface area (Å²) in [6.45, 7) is 8.46. The molecule has 0 amide bonds. The van der Waals surface area contributed by atoms with Gasteiger partial charge in [0.15, 0.2) is 16.3 Å². The van der Waals surface area contributed by atoms with Crippen molar-refractivity contribution in [3.8, 4) is 11.5 Å². The van der Waals surface area contributed by atoms with Gasteiger partial charge < -0.3 is 18.8 Å². The maximum absolute atomic E-state index is 14.5. The quantitative estimate of drug-likeness (QED) is 0.159. The number of carbonyl (C=O) groups excluding carboxylic acids is 1. The Morgan fingerprint density at radius 1 is 1.04 bits per heavy atom. The second-order valence-corrected chi connectivity index (χ2v) is 12.8. The number of hydrogen-bond acceptors (Lipinski definition) is 7. The molecule has 0 fully saturated rings. The number of nitrogens with zero attached hydrogens (tertiary/aromatic N) is 3. The van der Waals surface area contributed by atoms with Crippen LogP contribution in [0.2, 0.25) is 10.0 Å². The molecule has 0 saturated heterocycles. The van der Waals surface area contributed by atoms with Gasteiger partial charge in [0, 0.05) is 44.3 Å². The molecule has 0 N–H and O–H groups in total. The van der Waals surface area contributed by atoms with E-state index in [1.165, 1.54) is 11.3 Å². The molecule has 5 aromatic rings. The van der Waals surface area contributed by atoms with E-state index < -0.39 is 12.0 Å². The van der Waals surface area contributed by atoms with Gasteiger partial charge in [0.1, 0.15) is 6.04 Å². The maximum atomic E-state index is 14.5. The molecule has 11 heteroatoms. The molecule has 0 spiro atoms. The molecule has 3 heterocycles. The molecular formula is C36H33Cl2N3O5S. The molecule has 3 aromatic carbocycles. The zero-order chi connectivity index (χ0) is 33.4. The predicted molar refractivity (Wildman–Crippen MR) is 187 cm³/mol. The number of allylic oxidation sites excluding steroid dienone is 1. The van der Waals surface area contributed by atoms with E-state index in [0.29, 0.717) is 55.3 Å². The second kappa shape index (κ2) is 13.4. The van der Waals surface area contributed by atoms with Crippen molar-refractivity contribution >= 4 is 57.5 Å². The van der Waals surface area contributed by atoms with Gasteiger partial charge in [0.05, 0.1) is 36.1 Å². The number of esters is 1. The third kappa shape index (κ3) is 5.88. The Labute approximate surface area is 285 Å². The molecule has 47 heavy (non-hydrogen) atoms. The first-order chi connectivity index (χ1) is 22.7. The summed E-state index contributed by atoms with van der Waals surface area (Å²) in [6.07, 6.45) is 1.91. The third-order valence-corrected chi connectivity index (χ3v) is 9.80. The largest absolute Gasteiger partial charge is 0.493 e. The van der Waals surface area contributed by atoms with E-state index in [9.17, 15) is 9.59 Å². The van der Waals surface area contributed by atoms with Crippen molar-refractivity contribution in [2.24, 2.45) is 4.99 Å². The highest BCUT2D eigenvalue weighted by Gasteiger charge is 2.36. The van der Waals surface area contributed by atoms with Gasteiger partial charge in [-0.05, 0) is 63.6 Å². The van der Waals surface area contributed by atoms with Crippen LogP contribution in [0.1, 0.15) is 49.2 Å². The molecule has 0 radical (unpaired) electrons. The van der Waals surface area contributed by atoms with Crippen LogP contribution in [-0.4, -0.2) is 35.4 Å². The maximum Gasteiger partial charge on any atom is 0.338 e. The van der Waals surface area contributed by atoms with Crippen LogP contribution in [-0.2, 0) is 16.1 Å². The Kier molecular flexibility index (Phi) is 9.32. The summed E-state index contributed by atoms with van der Waals surface area (Å²) in [5, 5.41) is 2.15. The summed E-state index contributed by atoms with van der Waals surface area (Å²) in [5.41, 5.74) is 4.87. The van der Waals surface area contributed by atoms with Crippen LogP contribution in [0.3, 0.4) is 0 Å². The van der Waals surface area contributed by atoms with E-state index in [4.69, 9.17) is 42.4 Å². The molecule has 8 nitrogen and oxygen atoms in total. The summed E-state index contributed by atoms with van der Waals surface area (Å²) < 4.78 is 21.4. The van der Waals surface area contributed by atoms with E-state index >= 15 is 0 Å². The molecular weight excluding hydrogens is 657 g/mol. The number of methoxy groups -OCH3 is 1.